The summed E-state index contributed by atoms with van der Waals surface area (Å²) in [6.45, 7) is -6.00. The topological polar surface area (TPSA) is 779 Å². The standard InChI is InChI=1S/C62H104N4O46/c1-14(75)63-27-37(85)49(25(12-74)102-55(27)109-50-30(66-17(4)78)54(95)97-22(9-71)35(50)83)108-60-46(94)51(110-62-53(43(91)34(82)21(8-70)101-62)112-57-29(65-16(3)77)39(87)48(24(11-73)104-57)107-59-45(93)41(89)32(80)19(6-68)99-59)36(84)26(105-60)13-96-61-52(42(90)33(81)20(7-69)100-61)111-56-28(64-15(2)76)38(86)47(23(10-72)103-56)106-58-44(92)40(88)31(79)18(5-67)98-58/h18-62,67-74,79-95H,5-13H2,1-4H3,(H,63,75)(H,64,76)(H,65,77)(H,66,78)/t18-,19-,20-,21-,22-,23-,24-,25-,26-,27-,28-,29-,30-,31+,32+,33-,34-,35-,36-,37-,38-,39-,40+,41+,42+,43+,44-,45-,46+,47-,48-,49-,50-,51+,52+,53+,54?,55+,56+,57+,58+,59+,60+,61+,62-/m1/s1. The van der Waals surface area contributed by atoms with Gasteiger partial charge in [-0.2, -0.15) is 0 Å². The molecular weight excluding hydrogens is 1540 g/mol. The Kier molecular flexibility index (Phi) is 33.1. The summed E-state index contributed by atoms with van der Waals surface area (Å²) in [6.07, 6.45) is -85.3. The molecule has 50 heteroatoms. The maximum absolute atomic E-state index is 13.0. The number of carbonyl (C=O) groups is 4. The van der Waals surface area contributed by atoms with Crippen LogP contribution < -0.4 is 21.3 Å². The molecule has 0 radical (unpaired) electrons. The number of amides is 4. The van der Waals surface area contributed by atoms with Gasteiger partial charge in [-0.3, -0.25) is 19.2 Å². The molecule has 9 saturated heterocycles. The molecule has 0 aromatic carbocycles. The van der Waals surface area contributed by atoms with Crippen LogP contribution in [-0.4, -0.2) is 487 Å². The molecule has 4 amide bonds. The molecule has 29 N–H and O–H groups in total. The first-order valence-electron chi connectivity index (χ1n) is 35.6. The maximum atomic E-state index is 13.0. The molecule has 1 unspecified atom stereocenters. The quantitative estimate of drug-likeness (QED) is 0.0331. The highest BCUT2D eigenvalue weighted by Gasteiger charge is 2.61. The van der Waals surface area contributed by atoms with E-state index in [1.165, 1.54) is 0 Å². The molecule has 9 heterocycles. The van der Waals surface area contributed by atoms with Gasteiger partial charge in [-0.05, 0) is 0 Å². The smallest absolute Gasteiger partial charge is 0.217 e. The lowest BCUT2D eigenvalue weighted by molar-refractivity contribution is -0.399. The molecule has 9 aliphatic rings. The maximum Gasteiger partial charge on any atom is 0.217 e. The highest BCUT2D eigenvalue weighted by atomic mass is 16.8. The van der Waals surface area contributed by atoms with E-state index < -0.39 is 359 Å². The molecule has 0 saturated carbocycles. The Bertz CT molecular complexity index is 2970. The van der Waals surface area contributed by atoms with E-state index in [-0.39, 0.29) is 0 Å². The van der Waals surface area contributed by atoms with Crippen LogP contribution >= 0.6 is 0 Å². The third-order valence-corrected chi connectivity index (χ3v) is 20.4. The fourth-order valence-electron chi connectivity index (χ4n) is 14.4. The van der Waals surface area contributed by atoms with Gasteiger partial charge in [0.15, 0.2) is 56.6 Å². The zero-order valence-corrected chi connectivity index (χ0v) is 60.1. The lowest BCUT2D eigenvalue weighted by Gasteiger charge is -2.51. The van der Waals surface area contributed by atoms with Gasteiger partial charge in [-0.1, -0.05) is 0 Å². The minimum atomic E-state index is -2.58. The van der Waals surface area contributed by atoms with E-state index in [0.29, 0.717) is 0 Å². The number of nitrogens with one attached hydrogen (secondary N) is 4. The second-order valence-electron chi connectivity index (χ2n) is 28.2. The summed E-state index contributed by atoms with van der Waals surface area (Å²) in [7, 11) is 0. The second kappa shape index (κ2) is 40.3. The van der Waals surface area contributed by atoms with Crippen molar-refractivity contribution in [3.05, 3.63) is 0 Å². The molecule has 0 aromatic heterocycles. The van der Waals surface area contributed by atoms with Gasteiger partial charge in [-0.25, -0.2) is 0 Å². The number of ether oxygens (including phenoxy) is 17. The van der Waals surface area contributed by atoms with Crippen LogP contribution in [0.3, 0.4) is 0 Å². The highest BCUT2D eigenvalue weighted by molar-refractivity contribution is 5.74. The van der Waals surface area contributed by atoms with Crippen LogP contribution in [0.2, 0.25) is 0 Å². The van der Waals surface area contributed by atoms with Crippen LogP contribution in [0.1, 0.15) is 27.7 Å². The molecule has 648 valence electrons. The lowest BCUT2D eigenvalue weighted by Crippen LogP contribution is -2.71. The first-order chi connectivity index (χ1) is 53.0. The van der Waals surface area contributed by atoms with Gasteiger partial charge < -0.3 is 229 Å². The van der Waals surface area contributed by atoms with Crippen LogP contribution in [0.4, 0.5) is 0 Å². The molecular formula is C62H104N4O46. The average Bonchev–Trinajstić information content (AvgIpc) is 0.768. The molecule has 0 aliphatic carbocycles. The Labute approximate surface area is 634 Å². The average molecular weight is 1640 g/mol. The zero-order valence-electron chi connectivity index (χ0n) is 60.1. The van der Waals surface area contributed by atoms with Crippen molar-refractivity contribution in [3.63, 3.8) is 0 Å². The van der Waals surface area contributed by atoms with E-state index in [1.807, 2.05) is 0 Å². The molecule has 0 aromatic rings. The van der Waals surface area contributed by atoms with Crippen molar-refractivity contribution in [2.24, 2.45) is 0 Å². The molecule has 9 rings (SSSR count). The number of carbonyl (C=O) groups excluding carboxylic acids is 4. The Morgan fingerprint density at radius 3 is 0.848 bits per heavy atom. The molecule has 45 atom stereocenters. The summed E-state index contributed by atoms with van der Waals surface area (Å²) in [4.78, 5) is 51.2. The third kappa shape index (κ3) is 20.2. The van der Waals surface area contributed by atoms with Crippen LogP contribution in [0.25, 0.3) is 0 Å². The Balaban J connectivity index is 1.05. The molecule has 0 bridgehead atoms. The van der Waals surface area contributed by atoms with Crippen molar-refractivity contribution in [2.75, 3.05) is 59.5 Å². The highest BCUT2D eigenvalue weighted by Crippen LogP contribution is 2.40. The van der Waals surface area contributed by atoms with Crippen molar-refractivity contribution in [2.45, 2.75) is 304 Å². The third-order valence-electron chi connectivity index (χ3n) is 20.4. The summed E-state index contributed by atoms with van der Waals surface area (Å²) in [5.74, 6) is -3.66. The van der Waals surface area contributed by atoms with Gasteiger partial charge in [0.05, 0.1) is 59.5 Å². The van der Waals surface area contributed by atoms with Crippen LogP contribution in [0.5, 0.6) is 0 Å². The van der Waals surface area contributed by atoms with Crippen LogP contribution in [0, 0.1) is 0 Å². The summed E-state index contributed by atoms with van der Waals surface area (Å²) in [6, 6.07) is -7.47. The van der Waals surface area contributed by atoms with E-state index in [4.69, 9.17) is 80.5 Å². The minimum Gasteiger partial charge on any atom is -0.394 e. The van der Waals surface area contributed by atoms with Gasteiger partial charge in [0.1, 0.15) is 219 Å². The summed E-state index contributed by atoms with van der Waals surface area (Å²) in [5.41, 5.74) is 0. The van der Waals surface area contributed by atoms with E-state index in [1.54, 1.807) is 0 Å². The van der Waals surface area contributed by atoms with Crippen molar-refractivity contribution in [1.82, 2.24) is 21.3 Å². The predicted octanol–water partition coefficient (Wildman–Crippen LogP) is -20.1. The van der Waals surface area contributed by atoms with Crippen LogP contribution in [-0.2, 0) is 99.7 Å². The van der Waals surface area contributed by atoms with Crippen molar-refractivity contribution in [3.8, 4) is 0 Å². The summed E-state index contributed by atoms with van der Waals surface area (Å²) < 4.78 is 100. The van der Waals surface area contributed by atoms with Crippen molar-refractivity contribution >= 4 is 23.6 Å². The van der Waals surface area contributed by atoms with Crippen LogP contribution in [0.15, 0.2) is 0 Å². The SMILES string of the molecule is CC(=O)N[C@H]1[C@H](O[C@H]2[C@H](O)[C@@H](CO)OC(O)[C@@H]2NC(C)=O)O[C@H](CO)[C@@H](O[C@@H]2O[C@H](CO[C@H]3O[C@H](CO)[C@@H](O)[C@H](O)[C@@H]3O[C@@H]3O[C@H](CO)[C@@H](O[C@@H]4O[C@H](CO)[C@H](O)[C@H](O)[C@H]4O)[C@H](O)[C@H]3NC(C)=O)[C@@H](O)[C@H](O[C@H]3O[C@H](CO)[C@@H](O)[C@H](O)[C@@H]3O[C@@H]3O[C@H](CO)[C@@H](O[C@@H]4O[C@H](CO)[C@H](O)[C@H](O)[C@H]4O)[C@H](O)[C@H]3NC(C)=O)[C@@H]2O)[C@@H]1O. The zero-order chi connectivity index (χ0) is 82.5. The van der Waals surface area contributed by atoms with Gasteiger partial charge in [0.2, 0.25) is 23.6 Å². The lowest BCUT2D eigenvalue weighted by atomic mass is 9.93. The normalized spacial score (nSPS) is 48.9. The minimum absolute atomic E-state index is 0.818. The number of rotatable bonds is 29. The summed E-state index contributed by atoms with van der Waals surface area (Å²) in [5, 5.41) is 286. The molecule has 50 nitrogen and oxygen atoms in total. The first kappa shape index (κ1) is 92.1. The number of hydrogen-bond acceptors (Lipinski definition) is 46. The molecule has 112 heavy (non-hydrogen) atoms. The largest absolute Gasteiger partial charge is 0.394 e. The first-order valence-corrected chi connectivity index (χ1v) is 35.6. The van der Waals surface area contributed by atoms with Gasteiger partial charge in [-0.15, -0.1) is 0 Å². The second-order valence-corrected chi connectivity index (χ2v) is 28.2. The molecule has 9 fully saturated rings. The van der Waals surface area contributed by atoms with Crippen molar-refractivity contribution in [1.29, 1.82) is 0 Å². The Morgan fingerprint density at radius 1 is 0.232 bits per heavy atom. The Hall–Kier alpha value is -3.80. The summed E-state index contributed by atoms with van der Waals surface area (Å²) >= 11 is 0. The monoisotopic (exact) mass is 1640 g/mol. The van der Waals surface area contributed by atoms with E-state index in [2.05, 4.69) is 21.3 Å². The number of hydrogen-bond donors (Lipinski definition) is 29. The molecule has 9 aliphatic heterocycles. The van der Waals surface area contributed by atoms with Gasteiger partial charge in [0, 0.05) is 27.7 Å². The van der Waals surface area contributed by atoms with E-state index >= 15 is 0 Å². The number of aliphatic hydroxyl groups is 25. The fourth-order valence-corrected chi connectivity index (χ4v) is 14.4. The number of aliphatic hydroxyl groups excluding tert-OH is 25. The fraction of sp³-hybridized carbons (Fsp3) is 0.935. The Morgan fingerprint density at radius 2 is 0.491 bits per heavy atom. The molecule has 0 spiro atoms. The predicted molar refractivity (Wildman–Crippen MR) is 343 cm³/mol. The van der Waals surface area contributed by atoms with Gasteiger partial charge >= 0.3 is 0 Å². The van der Waals surface area contributed by atoms with Crippen molar-refractivity contribution < 1.29 is 227 Å². The van der Waals surface area contributed by atoms with E-state index in [9.17, 15) is 147 Å². The van der Waals surface area contributed by atoms with Gasteiger partial charge in [0.25, 0.3) is 0 Å². The van der Waals surface area contributed by atoms with E-state index in [0.717, 1.165) is 27.7 Å².